The Bertz CT molecular complexity index is 1030. The minimum atomic E-state index is -4.53. The first kappa shape index (κ1) is 18.5. The third-order valence-corrected chi connectivity index (χ3v) is 3.88. The Morgan fingerprint density at radius 3 is 2.63 bits per heavy atom. The van der Waals surface area contributed by atoms with Crippen LogP contribution in [0.15, 0.2) is 47.4 Å². The molecule has 3 aromatic rings. The van der Waals surface area contributed by atoms with Crippen LogP contribution in [0.3, 0.4) is 0 Å². The van der Waals surface area contributed by atoms with Gasteiger partial charge in [-0.3, -0.25) is 14.6 Å². The summed E-state index contributed by atoms with van der Waals surface area (Å²) in [5.41, 5.74) is -0.654. The molecule has 2 heterocycles. The second-order valence-corrected chi connectivity index (χ2v) is 5.83. The van der Waals surface area contributed by atoms with Gasteiger partial charge in [-0.2, -0.15) is 13.2 Å². The number of carbonyl (C=O) groups excluding carboxylic acids is 1. The standard InChI is InChI=1S/C17H14F3N5O2/c1-10(11-6-7-14(21-8-11)17(18,19)20)22-15(26)9-25-16(27)12-4-2-3-5-13(12)23-24-25/h2-8,10H,9H2,1H3,(H,22,26)/t10-/m0/s1. The van der Waals surface area contributed by atoms with Gasteiger partial charge >= 0.3 is 6.18 Å². The molecule has 0 saturated carbocycles. The highest BCUT2D eigenvalue weighted by Crippen LogP contribution is 2.27. The van der Waals surface area contributed by atoms with E-state index in [1.54, 1.807) is 31.2 Å². The van der Waals surface area contributed by atoms with Crippen LogP contribution >= 0.6 is 0 Å². The number of hydrogen-bond donors (Lipinski definition) is 1. The summed E-state index contributed by atoms with van der Waals surface area (Å²) in [5.74, 6) is -0.533. The second kappa shape index (κ2) is 7.14. The van der Waals surface area contributed by atoms with E-state index < -0.39 is 29.4 Å². The number of nitrogens with zero attached hydrogens (tertiary/aromatic N) is 4. The SMILES string of the molecule is C[C@H](NC(=O)Cn1nnc2ccccc2c1=O)c1ccc(C(F)(F)F)nc1. The highest BCUT2D eigenvalue weighted by Gasteiger charge is 2.32. The summed E-state index contributed by atoms with van der Waals surface area (Å²) >= 11 is 0. The maximum atomic E-state index is 12.5. The molecule has 0 bridgehead atoms. The summed E-state index contributed by atoms with van der Waals surface area (Å²) in [6.45, 7) is 1.23. The number of pyridine rings is 1. The lowest BCUT2D eigenvalue weighted by Gasteiger charge is -2.15. The summed E-state index contributed by atoms with van der Waals surface area (Å²) in [4.78, 5) is 27.8. The Balaban J connectivity index is 1.70. The molecule has 140 valence electrons. The van der Waals surface area contributed by atoms with E-state index >= 15 is 0 Å². The monoisotopic (exact) mass is 377 g/mol. The second-order valence-electron chi connectivity index (χ2n) is 5.83. The van der Waals surface area contributed by atoms with Crippen LogP contribution in [0.4, 0.5) is 13.2 Å². The Morgan fingerprint density at radius 2 is 1.96 bits per heavy atom. The van der Waals surface area contributed by atoms with Crippen molar-refractivity contribution in [1.82, 2.24) is 25.3 Å². The first-order chi connectivity index (χ1) is 12.8. The molecule has 0 aliphatic heterocycles. The summed E-state index contributed by atoms with van der Waals surface area (Å²) in [5, 5.41) is 10.5. The van der Waals surface area contributed by atoms with Crippen molar-refractivity contribution in [2.75, 3.05) is 0 Å². The predicted octanol–water partition coefficient (Wildman–Crippen LogP) is 2.08. The van der Waals surface area contributed by atoms with Crippen molar-refractivity contribution in [3.05, 3.63) is 64.2 Å². The fraction of sp³-hybridized carbons (Fsp3) is 0.235. The number of fused-ring (bicyclic) bond motifs is 1. The first-order valence-electron chi connectivity index (χ1n) is 7.91. The number of rotatable bonds is 4. The van der Waals surface area contributed by atoms with Gasteiger partial charge < -0.3 is 5.32 Å². The predicted molar refractivity (Wildman–Crippen MR) is 89.6 cm³/mol. The fourth-order valence-electron chi connectivity index (χ4n) is 2.46. The molecule has 1 amide bonds. The summed E-state index contributed by atoms with van der Waals surface area (Å²) in [6, 6.07) is 8.09. The lowest BCUT2D eigenvalue weighted by Crippen LogP contribution is -2.35. The third-order valence-electron chi connectivity index (χ3n) is 3.88. The number of hydrogen-bond acceptors (Lipinski definition) is 5. The Labute approximate surface area is 150 Å². The molecule has 10 heteroatoms. The fourth-order valence-corrected chi connectivity index (χ4v) is 2.46. The van der Waals surface area contributed by atoms with Gasteiger partial charge in [-0.25, -0.2) is 4.68 Å². The van der Waals surface area contributed by atoms with Crippen LogP contribution in [0, 0.1) is 0 Å². The molecule has 0 aliphatic rings. The van der Waals surface area contributed by atoms with Gasteiger partial charge in [0, 0.05) is 6.20 Å². The van der Waals surface area contributed by atoms with Gasteiger partial charge in [0.2, 0.25) is 5.91 Å². The average molecular weight is 377 g/mol. The minimum absolute atomic E-state index is 0.334. The van der Waals surface area contributed by atoms with Crippen LogP contribution in [0.1, 0.15) is 24.2 Å². The van der Waals surface area contributed by atoms with Crippen LogP contribution in [-0.4, -0.2) is 25.9 Å². The summed E-state index contributed by atoms with van der Waals surface area (Å²) in [7, 11) is 0. The zero-order chi connectivity index (χ0) is 19.6. The van der Waals surface area contributed by atoms with Gasteiger partial charge in [0.1, 0.15) is 17.8 Å². The van der Waals surface area contributed by atoms with Crippen LogP contribution in [-0.2, 0) is 17.5 Å². The largest absolute Gasteiger partial charge is 0.433 e. The molecule has 0 fully saturated rings. The molecule has 3 rings (SSSR count). The molecule has 7 nitrogen and oxygen atoms in total. The smallest absolute Gasteiger partial charge is 0.348 e. The van der Waals surface area contributed by atoms with E-state index in [1.807, 2.05) is 0 Å². The number of alkyl halides is 3. The highest BCUT2D eigenvalue weighted by molar-refractivity contribution is 5.78. The molecular weight excluding hydrogens is 363 g/mol. The number of aromatic nitrogens is 4. The van der Waals surface area contributed by atoms with E-state index in [1.165, 1.54) is 6.07 Å². The number of amides is 1. The van der Waals surface area contributed by atoms with Crippen molar-refractivity contribution in [2.24, 2.45) is 0 Å². The van der Waals surface area contributed by atoms with E-state index in [4.69, 9.17) is 0 Å². The van der Waals surface area contributed by atoms with E-state index in [2.05, 4.69) is 20.6 Å². The molecule has 0 unspecified atom stereocenters. The van der Waals surface area contributed by atoms with Crippen molar-refractivity contribution in [3.8, 4) is 0 Å². The zero-order valence-corrected chi connectivity index (χ0v) is 14.1. The Hall–Kier alpha value is -3.30. The number of nitrogens with one attached hydrogen (secondary N) is 1. The van der Waals surface area contributed by atoms with Crippen molar-refractivity contribution >= 4 is 16.8 Å². The topological polar surface area (TPSA) is 89.8 Å². The lowest BCUT2D eigenvalue weighted by atomic mass is 10.1. The van der Waals surface area contributed by atoms with Crippen molar-refractivity contribution < 1.29 is 18.0 Å². The van der Waals surface area contributed by atoms with E-state index in [0.29, 0.717) is 16.5 Å². The number of benzene rings is 1. The van der Waals surface area contributed by atoms with Crippen LogP contribution < -0.4 is 10.9 Å². The molecule has 27 heavy (non-hydrogen) atoms. The zero-order valence-electron chi connectivity index (χ0n) is 14.1. The molecule has 0 aliphatic carbocycles. The van der Waals surface area contributed by atoms with Gasteiger partial charge in [-0.15, -0.1) is 5.10 Å². The van der Waals surface area contributed by atoms with E-state index in [0.717, 1.165) is 16.9 Å². The maximum Gasteiger partial charge on any atom is 0.433 e. The van der Waals surface area contributed by atoms with Crippen molar-refractivity contribution in [3.63, 3.8) is 0 Å². The lowest BCUT2D eigenvalue weighted by molar-refractivity contribution is -0.141. The molecule has 1 aromatic carbocycles. The molecule has 0 radical (unpaired) electrons. The minimum Gasteiger partial charge on any atom is -0.348 e. The molecular formula is C17H14F3N5O2. The van der Waals surface area contributed by atoms with Crippen molar-refractivity contribution in [2.45, 2.75) is 25.7 Å². The third kappa shape index (κ3) is 4.10. The van der Waals surface area contributed by atoms with Gasteiger partial charge in [-0.1, -0.05) is 23.4 Å². The van der Waals surface area contributed by atoms with Gasteiger partial charge in [-0.05, 0) is 30.7 Å². The summed E-state index contributed by atoms with van der Waals surface area (Å²) < 4.78 is 38.6. The molecule has 2 aromatic heterocycles. The van der Waals surface area contributed by atoms with Gasteiger partial charge in [0.05, 0.1) is 11.4 Å². The molecule has 0 spiro atoms. The van der Waals surface area contributed by atoms with Gasteiger partial charge in [0.25, 0.3) is 5.56 Å². The van der Waals surface area contributed by atoms with Crippen LogP contribution in [0.25, 0.3) is 10.9 Å². The maximum absolute atomic E-state index is 12.5. The molecule has 0 saturated heterocycles. The summed E-state index contributed by atoms with van der Waals surface area (Å²) in [6.07, 6.45) is -3.48. The first-order valence-corrected chi connectivity index (χ1v) is 7.91. The average Bonchev–Trinajstić information content (AvgIpc) is 2.63. The molecule has 1 N–H and O–H groups in total. The van der Waals surface area contributed by atoms with E-state index in [9.17, 15) is 22.8 Å². The normalized spacial score (nSPS) is 12.7. The van der Waals surface area contributed by atoms with Gasteiger partial charge in [0.15, 0.2) is 0 Å². The molecule has 1 atom stereocenters. The number of carbonyl (C=O) groups is 1. The number of halogens is 3. The van der Waals surface area contributed by atoms with Crippen molar-refractivity contribution in [1.29, 1.82) is 0 Å². The van der Waals surface area contributed by atoms with E-state index in [-0.39, 0.29) is 6.54 Å². The van der Waals surface area contributed by atoms with Crippen LogP contribution in [0.5, 0.6) is 0 Å². The highest BCUT2D eigenvalue weighted by atomic mass is 19.4. The Morgan fingerprint density at radius 1 is 1.22 bits per heavy atom. The quantitative estimate of drug-likeness (QED) is 0.752. The Kier molecular flexibility index (Phi) is 4.89. The van der Waals surface area contributed by atoms with Crippen LogP contribution in [0.2, 0.25) is 0 Å².